The molecule has 5 heteroatoms. The Morgan fingerprint density at radius 3 is 2.57 bits per heavy atom. The van der Waals surface area contributed by atoms with Crippen LogP contribution in [0.3, 0.4) is 0 Å². The van der Waals surface area contributed by atoms with Crippen molar-refractivity contribution in [3.8, 4) is 0 Å². The van der Waals surface area contributed by atoms with Crippen molar-refractivity contribution in [2.24, 2.45) is 18.7 Å². The number of aryl methyl sites for hydroxylation is 1. The molecule has 14 heavy (non-hydrogen) atoms. The smallest absolute Gasteiger partial charge is 0.122 e. The van der Waals surface area contributed by atoms with Crippen LogP contribution in [-0.4, -0.2) is 21.4 Å². The van der Waals surface area contributed by atoms with Gasteiger partial charge in [0.2, 0.25) is 0 Å². The first-order valence-electron chi connectivity index (χ1n) is 4.54. The Hall–Kier alpha value is -0.580. The summed E-state index contributed by atoms with van der Waals surface area (Å²) in [6.45, 7) is 3.93. The van der Waals surface area contributed by atoms with E-state index in [1.54, 1.807) is 11.7 Å². The maximum atomic E-state index is 10.3. The van der Waals surface area contributed by atoms with Gasteiger partial charge in [0.05, 0.1) is 16.9 Å². The summed E-state index contributed by atoms with van der Waals surface area (Å²) in [5.41, 5.74) is 5.06. The molecule has 1 aromatic heterocycles. The highest BCUT2D eigenvalue weighted by Crippen LogP contribution is 2.32. The summed E-state index contributed by atoms with van der Waals surface area (Å²) in [6.07, 6.45) is 1.51. The number of nitrogens with zero attached hydrogens (tertiary/aromatic N) is 2. The zero-order valence-electron chi connectivity index (χ0n) is 8.66. The lowest BCUT2D eigenvalue weighted by Gasteiger charge is -2.31. The zero-order valence-corrected chi connectivity index (χ0v) is 9.41. The molecule has 0 saturated heterocycles. The van der Waals surface area contributed by atoms with Gasteiger partial charge in [-0.2, -0.15) is 5.10 Å². The van der Waals surface area contributed by atoms with E-state index in [0.717, 1.165) is 0 Å². The number of nitrogens with two attached hydrogens (primary N) is 1. The molecule has 0 spiro atoms. The van der Waals surface area contributed by atoms with Crippen molar-refractivity contribution in [2.75, 3.05) is 6.54 Å². The maximum Gasteiger partial charge on any atom is 0.122 e. The average molecular weight is 218 g/mol. The first-order chi connectivity index (χ1) is 6.43. The van der Waals surface area contributed by atoms with Crippen molar-refractivity contribution in [3.05, 3.63) is 16.9 Å². The third-order valence-corrected chi connectivity index (χ3v) is 2.85. The van der Waals surface area contributed by atoms with Gasteiger partial charge in [-0.05, 0) is 5.92 Å². The molecule has 0 saturated carbocycles. The number of halogens is 1. The minimum absolute atomic E-state index is 0.0135. The van der Waals surface area contributed by atoms with E-state index in [9.17, 15) is 5.11 Å². The zero-order chi connectivity index (χ0) is 10.9. The Labute approximate surface area is 88.7 Å². The molecule has 0 bridgehead atoms. The molecule has 0 aliphatic rings. The van der Waals surface area contributed by atoms with Crippen molar-refractivity contribution >= 4 is 11.6 Å². The molecule has 0 radical (unpaired) electrons. The van der Waals surface area contributed by atoms with Crippen LogP contribution in [0, 0.1) is 5.92 Å². The SMILES string of the molecule is CC(C)C(O)(CN)c1c(Cl)cnn1C. The molecule has 0 aromatic carbocycles. The second kappa shape index (κ2) is 3.88. The van der Waals surface area contributed by atoms with Crippen molar-refractivity contribution < 1.29 is 5.11 Å². The summed E-state index contributed by atoms with van der Waals surface area (Å²) in [5, 5.41) is 14.8. The standard InChI is InChI=1S/C9H16ClN3O/c1-6(2)9(14,5-11)8-7(10)4-12-13(8)3/h4,6,14H,5,11H2,1-3H3. The van der Waals surface area contributed by atoms with Crippen molar-refractivity contribution in [1.82, 2.24) is 9.78 Å². The molecule has 0 aliphatic carbocycles. The van der Waals surface area contributed by atoms with E-state index in [1.807, 2.05) is 13.8 Å². The molecule has 80 valence electrons. The molecule has 0 aliphatic heterocycles. The Bertz CT molecular complexity index is 304. The lowest BCUT2D eigenvalue weighted by molar-refractivity contribution is -0.00848. The molecular formula is C9H16ClN3O. The number of hydrogen-bond acceptors (Lipinski definition) is 3. The van der Waals surface area contributed by atoms with Crippen LogP contribution in [0.25, 0.3) is 0 Å². The Kier molecular flexibility index (Phi) is 3.19. The molecule has 0 amide bonds. The monoisotopic (exact) mass is 217 g/mol. The predicted molar refractivity (Wildman–Crippen MR) is 56.0 cm³/mol. The minimum Gasteiger partial charge on any atom is -0.382 e. The normalized spacial score (nSPS) is 15.9. The number of aliphatic hydroxyl groups is 1. The van der Waals surface area contributed by atoms with Gasteiger partial charge in [-0.3, -0.25) is 4.68 Å². The first-order valence-corrected chi connectivity index (χ1v) is 4.91. The molecule has 1 atom stereocenters. The van der Waals surface area contributed by atoms with Gasteiger partial charge in [0.15, 0.2) is 0 Å². The van der Waals surface area contributed by atoms with Gasteiger partial charge in [-0.15, -0.1) is 0 Å². The fourth-order valence-corrected chi connectivity index (χ4v) is 1.83. The van der Waals surface area contributed by atoms with Crippen LogP contribution in [0.1, 0.15) is 19.5 Å². The highest BCUT2D eigenvalue weighted by atomic mass is 35.5. The van der Waals surface area contributed by atoms with Crippen LogP contribution in [0.5, 0.6) is 0 Å². The minimum atomic E-state index is -1.11. The first kappa shape index (κ1) is 11.5. The summed E-state index contributed by atoms with van der Waals surface area (Å²) in [4.78, 5) is 0. The van der Waals surface area contributed by atoms with E-state index in [4.69, 9.17) is 17.3 Å². The lowest BCUT2D eigenvalue weighted by atomic mass is 9.87. The van der Waals surface area contributed by atoms with Crippen LogP contribution >= 0.6 is 11.6 Å². The van der Waals surface area contributed by atoms with E-state index >= 15 is 0 Å². The highest BCUT2D eigenvalue weighted by Gasteiger charge is 2.36. The van der Waals surface area contributed by atoms with Crippen LogP contribution in [0.4, 0.5) is 0 Å². The third kappa shape index (κ3) is 1.65. The third-order valence-electron chi connectivity index (χ3n) is 2.57. The molecule has 1 heterocycles. The van der Waals surface area contributed by atoms with Gasteiger partial charge in [0, 0.05) is 13.6 Å². The summed E-state index contributed by atoms with van der Waals surface area (Å²) in [7, 11) is 1.74. The molecule has 1 rings (SSSR count). The van der Waals surface area contributed by atoms with Gasteiger partial charge in [0.1, 0.15) is 5.60 Å². The number of hydrogen-bond donors (Lipinski definition) is 2. The second-order valence-electron chi connectivity index (χ2n) is 3.75. The van der Waals surface area contributed by atoms with Crippen LogP contribution in [0.15, 0.2) is 6.20 Å². The summed E-state index contributed by atoms with van der Waals surface area (Å²) in [5.74, 6) is -0.0135. The second-order valence-corrected chi connectivity index (χ2v) is 4.16. The van der Waals surface area contributed by atoms with Crippen molar-refractivity contribution in [3.63, 3.8) is 0 Å². The lowest BCUT2D eigenvalue weighted by Crippen LogP contribution is -2.41. The average Bonchev–Trinajstić information content (AvgIpc) is 2.45. The van der Waals surface area contributed by atoms with Gasteiger partial charge in [-0.1, -0.05) is 25.4 Å². The molecule has 4 nitrogen and oxygen atoms in total. The van der Waals surface area contributed by atoms with E-state index in [2.05, 4.69) is 5.10 Å². The van der Waals surface area contributed by atoms with Gasteiger partial charge < -0.3 is 10.8 Å². The molecule has 3 N–H and O–H groups in total. The quantitative estimate of drug-likeness (QED) is 0.790. The Morgan fingerprint density at radius 1 is 1.71 bits per heavy atom. The topological polar surface area (TPSA) is 64.1 Å². The summed E-state index contributed by atoms with van der Waals surface area (Å²) < 4.78 is 1.56. The van der Waals surface area contributed by atoms with Gasteiger partial charge in [-0.25, -0.2) is 0 Å². The Morgan fingerprint density at radius 2 is 2.29 bits per heavy atom. The van der Waals surface area contributed by atoms with E-state index in [-0.39, 0.29) is 12.5 Å². The van der Waals surface area contributed by atoms with E-state index in [0.29, 0.717) is 10.7 Å². The molecule has 1 unspecified atom stereocenters. The van der Waals surface area contributed by atoms with Crippen molar-refractivity contribution in [1.29, 1.82) is 0 Å². The Balaban J connectivity index is 3.25. The van der Waals surface area contributed by atoms with Crippen LogP contribution in [-0.2, 0) is 12.6 Å². The summed E-state index contributed by atoms with van der Waals surface area (Å²) >= 11 is 5.95. The molecule has 0 fully saturated rings. The van der Waals surface area contributed by atoms with Crippen LogP contribution in [0.2, 0.25) is 5.02 Å². The predicted octanol–water partition coefficient (Wildman–Crippen LogP) is 0.876. The van der Waals surface area contributed by atoms with Crippen molar-refractivity contribution in [2.45, 2.75) is 19.4 Å². The molecular weight excluding hydrogens is 202 g/mol. The number of rotatable bonds is 3. The summed E-state index contributed by atoms with van der Waals surface area (Å²) in [6, 6.07) is 0. The largest absolute Gasteiger partial charge is 0.382 e. The van der Waals surface area contributed by atoms with Gasteiger partial charge >= 0.3 is 0 Å². The van der Waals surface area contributed by atoms with E-state index < -0.39 is 5.60 Å². The molecule has 1 aromatic rings. The van der Waals surface area contributed by atoms with Gasteiger partial charge in [0.25, 0.3) is 0 Å². The fourth-order valence-electron chi connectivity index (χ4n) is 1.50. The van der Waals surface area contributed by atoms with Crippen LogP contribution < -0.4 is 5.73 Å². The highest BCUT2D eigenvalue weighted by molar-refractivity contribution is 6.31. The maximum absolute atomic E-state index is 10.3. The number of aromatic nitrogens is 2. The van der Waals surface area contributed by atoms with E-state index in [1.165, 1.54) is 6.20 Å². The fraction of sp³-hybridized carbons (Fsp3) is 0.667.